The third-order valence-corrected chi connectivity index (χ3v) is 5.50. The van der Waals surface area contributed by atoms with Crippen LogP contribution in [0.2, 0.25) is 0 Å². The molecule has 6 heteroatoms. The molecule has 30 heavy (non-hydrogen) atoms. The molecule has 1 atom stereocenters. The Morgan fingerprint density at radius 2 is 1.63 bits per heavy atom. The van der Waals surface area contributed by atoms with Gasteiger partial charge >= 0.3 is 0 Å². The third-order valence-electron chi connectivity index (χ3n) is 5.50. The molecule has 1 aliphatic rings. The zero-order valence-electron chi connectivity index (χ0n) is 17.6. The Hall–Kier alpha value is -3.15. The highest BCUT2D eigenvalue weighted by molar-refractivity contribution is 5.92. The van der Waals surface area contributed by atoms with Crippen molar-refractivity contribution in [1.82, 2.24) is 10.2 Å². The highest BCUT2D eigenvalue weighted by Gasteiger charge is 2.29. The molecule has 2 N–H and O–H groups in total. The van der Waals surface area contributed by atoms with Crippen LogP contribution in [0.3, 0.4) is 0 Å². The Bertz CT molecular complexity index is 872. The monoisotopic (exact) mass is 407 g/mol. The van der Waals surface area contributed by atoms with E-state index in [-0.39, 0.29) is 36.1 Å². The lowest BCUT2D eigenvalue weighted by Gasteiger charge is -2.32. The van der Waals surface area contributed by atoms with Gasteiger partial charge in [-0.25, -0.2) is 0 Å². The van der Waals surface area contributed by atoms with Crippen molar-refractivity contribution in [2.75, 3.05) is 18.4 Å². The molecule has 0 saturated carbocycles. The maximum absolute atomic E-state index is 12.9. The minimum atomic E-state index is -0.352. The standard InChI is InChI=1S/C24H29N3O3/c1-17-8-10-19(11-9-17)22(25-18(2)28)16-23(29)27-14-12-20(13-15-27)24(30)26-21-6-4-3-5-7-21/h3-11,20,22H,12-16H2,1-2H3,(H,25,28)(H,26,30)/t22-/m1/s1. The molecule has 0 aromatic heterocycles. The van der Waals surface area contributed by atoms with Gasteiger partial charge in [-0.2, -0.15) is 0 Å². The van der Waals surface area contributed by atoms with Crippen LogP contribution in [0.4, 0.5) is 5.69 Å². The van der Waals surface area contributed by atoms with Crippen molar-refractivity contribution in [2.24, 2.45) is 5.92 Å². The number of nitrogens with zero attached hydrogens (tertiary/aromatic N) is 1. The topological polar surface area (TPSA) is 78.5 Å². The van der Waals surface area contributed by atoms with Crippen LogP contribution in [-0.4, -0.2) is 35.7 Å². The summed E-state index contributed by atoms with van der Waals surface area (Å²) in [5, 5.41) is 5.84. The average Bonchev–Trinajstić information content (AvgIpc) is 2.74. The van der Waals surface area contributed by atoms with E-state index < -0.39 is 0 Å². The summed E-state index contributed by atoms with van der Waals surface area (Å²) in [7, 11) is 0. The van der Waals surface area contributed by atoms with Gasteiger partial charge in [-0.15, -0.1) is 0 Å². The largest absolute Gasteiger partial charge is 0.349 e. The summed E-state index contributed by atoms with van der Waals surface area (Å²) in [6.45, 7) is 4.56. The van der Waals surface area contributed by atoms with Gasteiger partial charge in [0.05, 0.1) is 12.5 Å². The molecule has 1 heterocycles. The Balaban J connectivity index is 1.55. The first-order valence-corrected chi connectivity index (χ1v) is 10.4. The Morgan fingerprint density at radius 1 is 1.00 bits per heavy atom. The lowest BCUT2D eigenvalue weighted by molar-refractivity contribution is -0.135. The van der Waals surface area contributed by atoms with E-state index in [0.717, 1.165) is 16.8 Å². The molecule has 0 radical (unpaired) electrons. The molecule has 0 bridgehead atoms. The van der Waals surface area contributed by atoms with Gasteiger partial charge in [-0.3, -0.25) is 14.4 Å². The second kappa shape index (κ2) is 10.1. The van der Waals surface area contributed by atoms with Crippen molar-refractivity contribution >= 4 is 23.4 Å². The van der Waals surface area contributed by atoms with Crippen molar-refractivity contribution in [3.05, 3.63) is 65.7 Å². The molecule has 1 fully saturated rings. The first kappa shape index (κ1) is 21.6. The predicted octanol–water partition coefficient (Wildman–Crippen LogP) is 3.44. The van der Waals surface area contributed by atoms with Crippen LogP contribution in [-0.2, 0) is 14.4 Å². The molecule has 2 aromatic carbocycles. The van der Waals surface area contributed by atoms with E-state index in [4.69, 9.17) is 0 Å². The maximum atomic E-state index is 12.9. The molecule has 1 saturated heterocycles. The molecule has 6 nitrogen and oxygen atoms in total. The lowest BCUT2D eigenvalue weighted by Crippen LogP contribution is -2.43. The fourth-order valence-electron chi connectivity index (χ4n) is 3.76. The van der Waals surface area contributed by atoms with Crippen LogP contribution in [0.1, 0.15) is 43.4 Å². The number of rotatable bonds is 6. The van der Waals surface area contributed by atoms with E-state index in [9.17, 15) is 14.4 Å². The van der Waals surface area contributed by atoms with Crippen molar-refractivity contribution in [2.45, 2.75) is 39.2 Å². The SMILES string of the molecule is CC(=O)N[C@H](CC(=O)N1CCC(C(=O)Nc2ccccc2)CC1)c1ccc(C)cc1. The van der Waals surface area contributed by atoms with E-state index in [1.54, 1.807) is 4.90 Å². The summed E-state index contributed by atoms with van der Waals surface area (Å²) in [6, 6.07) is 16.9. The number of carbonyl (C=O) groups is 3. The van der Waals surface area contributed by atoms with Crippen molar-refractivity contribution < 1.29 is 14.4 Å². The highest BCUT2D eigenvalue weighted by atomic mass is 16.2. The number of hydrogen-bond donors (Lipinski definition) is 2. The van der Waals surface area contributed by atoms with Gasteiger partial charge in [-0.1, -0.05) is 48.0 Å². The van der Waals surface area contributed by atoms with E-state index in [1.807, 2.05) is 61.5 Å². The predicted molar refractivity (Wildman–Crippen MR) is 117 cm³/mol. The second-order valence-electron chi connectivity index (χ2n) is 7.88. The molecular formula is C24H29N3O3. The minimum Gasteiger partial charge on any atom is -0.349 e. The van der Waals surface area contributed by atoms with Crippen molar-refractivity contribution in [1.29, 1.82) is 0 Å². The zero-order valence-corrected chi connectivity index (χ0v) is 17.6. The number of carbonyl (C=O) groups excluding carboxylic acids is 3. The van der Waals surface area contributed by atoms with Crippen molar-refractivity contribution in [3.63, 3.8) is 0 Å². The normalized spacial score (nSPS) is 15.3. The van der Waals surface area contributed by atoms with E-state index in [0.29, 0.717) is 25.9 Å². The molecule has 3 amide bonds. The third kappa shape index (κ3) is 5.92. The number of amides is 3. The quantitative estimate of drug-likeness (QED) is 0.770. The number of anilines is 1. The average molecular weight is 408 g/mol. The summed E-state index contributed by atoms with van der Waals surface area (Å²) in [6.07, 6.45) is 1.49. The summed E-state index contributed by atoms with van der Waals surface area (Å²) in [5.41, 5.74) is 2.83. The number of likely N-dealkylation sites (tertiary alicyclic amines) is 1. The molecule has 0 spiro atoms. The molecular weight excluding hydrogens is 378 g/mol. The van der Waals surface area contributed by atoms with Gasteiger partial charge in [0.15, 0.2) is 0 Å². The fraction of sp³-hybridized carbons (Fsp3) is 0.375. The molecule has 0 unspecified atom stereocenters. The number of benzene rings is 2. The summed E-state index contributed by atoms with van der Waals surface area (Å²) >= 11 is 0. The second-order valence-corrected chi connectivity index (χ2v) is 7.88. The Labute approximate surface area is 177 Å². The molecule has 3 rings (SSSR count). The molecule has 2 aromatic rings. The van der Waals surface area contributed by atoms with Gasteiger partial charge in [0, 0.05) is 31.6 Å². The van der Waals surface area contributed by atoms with Crippen LogP contribution in [0, 0.1) is 12.8 Å². The molecule has 1 aliphatic heterocycles. The Morgan fingerprint density at radius 3 is 2.23 bits per heavy atom. The Kier molecular flexibility index (Phi) is 7.22. The number of hydrogen-bond acceptors (Lipinski definition) is 3. The smallest absolute Gasteiger partial charge is 0.227 e. The van der Waals surface area contributed by atoms with Gasteiger partial charge in [0.25, 0.3) is 0 Å². The van der Waals surface area contributed by atoms with Gasteiger partial charge in [-0.05, 0) is 37.5 Å². The first-order valence-electron chi connectivity index (χ1n) is 10.4. The van der Waals surface area contributed by atoms with E-state index >= 15 is 0 Å². The van der Waals surface area contributed by atoms with Gasteiger partial charge < -0.3 is 15.5 Å². The van der Waals surface area contributed by atoms with Gasteiger partial charge in [0.1, 0.15) is 0 Å². The van der Waals surface area contributed by atoms with Crippen molar-refractivity contribution in [3.8, 4) is 0 Å². The van der Waals surface area contributed by atoms with Crippen LogP contribution in [0.15, 0.2) is 54.6 Å². The highest BCUT2D eigenvalue weighted by Crippen LogP contribution is 2.23. The maximum Gasteiger partial charge on any atom is 0.227 e. The van der Waals surface area contributed by atoms with E-state index in [2.05, 4.69) is 10.6 Å². The first-order chi connectivity index (χ1) is 14.4. The fourth-order valence-corrected chi connectivity index (χ4v) is 3.76. The van der Waals surface area contributed by atoms with Crippen LogP contribution in [0.25, 0.3) is 0 Å². The van der Waals surface area contributed by atoms with Gasteiger partial charge in [0.2, 0.25) is 17.7 Å². The number of piperidine rings is 1. The summed E-state index contributed by atoms with van der Waals surface area (Å²) in [4.78, 5) is 38.8. The summed E-state index contributed by atoms with van der Waals surface area (Å²) in [5.74, 6) is -0.262. The zero-order chi connectivity index (χ0) is 21.5. The number of aryl methyl sites for hydroxylation is 1. The van der Waals surface area contributed by atoms with Crippen LogP contribution >= 0.6 is 0 Å². The molecule has 0 aliphatic carbocycles. The van der Waals surface area contributed by atoms with Crippen LogP contribution < -0.4 is 10.6 Å². The van der Waals surface area contributed by atoms with Crippen LogP contribution in [0.5, 0.6) is 0 Å². The minimum absolute atomic E-state index is 0.00348. The summed E-state index contributed by atoms with van der Waals surface area (Å²) < 4.78 is 0. The molecule has 158 valence electrons. The number of para-hydroxylation sites is 1. The lowest BCUT2D eigenvalue weighted by atomic mass is 9.94. The number of nitrogens with one attached hydrogen (secondary N) is 2. The van der Waals surface area contributed by atoms with E-state index in [1.165, 1.54) is 6.92 Å².